The van der Waals surface area contributed by atoms with E-state index in [1.165, 1.54) is 12.8 Å². The number of hydrogen-bond acceptors (Lipinski definition) is 3. The summed E-state index contributed by atoms with van der Waals surface area (Å²) < 4.78 is 0. The van der Waals surface area contributed by atoms with Crippen LogP contribution >= 0.6 is 0 Å². The van der Waals surface area contributed by atoms with Crippen molar-refractivity contribution in [3.05, 3.63) is 0 Å². The summed E-state index contributed by atoms with van der Waals surface area (Å²) >= 11 is 0. The smallest absolute Gasteiger partial charge is 0.0555 e. The highest BCUT2D eigenvalue weighted by atomic mass is 16.3. The summed E-state index contributed by atoms with van der Waals surface area (Å²) in [6.07, 6.45) is 2.41. The van der Waals surface area contributed by atoms with Gasteiger partial charge in [-0.3, -0.25) is 0 Å². The molecule has 4 N–H and O–H groups in total. The minimum atomic E-state index is 0.246. The quantitative estimate of drug-likeness (QED) is 0.569. The lowest BCUT2D eigenvalue weighted by atomic mass is 10.1. The van der Waals surface area contributed by atoms with Crippen molar-refractivity contribution in [3.63, 3.8) is 0 Å². The number of nitrogens with one attached hydrogen (secondary N) is 1. The summed E-state index contributed by atoms with van der Waals surface area (Å²) in [6, 6.07) is 0. The molecule has 3 nitrogen and oxygen atoms in total. The third-order valence-electron chi connectivity index (χ3n) is 2.58. The molecule has 0 bridgehead atoms. The van der Waals surface area contributed by atoms with E-state index in [2.05, 4.69) is 33.0 Å². The van der Waals surface area contributed by atoms with Gasteiger partial charge in [0.15, 0.2) is 0 Å². The third-order valence-corrected chi connectivity index (χ3v) is 2.58. The van der Waals surface area contributed by atoms with Crippen molar-refractivity contribution in [2.24, 2.45) is 17.6 Å². The van der Waals surface area contributed by atoms with Crippen LogP contribution in [0.4, 0.5) is 0 Å². The van der Waals surface area contributed by atoms with Crippen molar-refractivity contribution in [2.75, 3.05) is 26.2 Å². The van der Waals surface area contributed by atoms with Crippen LogP contribution in [0, 0.1) is 11.8 Å². The van der Waals surface area contributed by atoms with Crippen LogP contribution in [0.15, 0.2) is 0 Å². The average molecular weight is 218 g/mol. The Morgan fingerprint density at radius 2 is 1.67 bits per heavy atom. The lowest BCUT2D eigenvalue weighted by molar-refractivity contribution is 0.288. The highest BCUT2D eigenvalue weighted by molar-refractivity contribution is 4.52. The third kappa shape index (κ3) is 16.5. The van der Waals surface area contributed by atoms with E-state index < -0.39 is 0 Å². The maximum atomic E-state index is 8.39. The molecule has 0 aromatic carbocycles. The summed E-state index contributed by atoms with van der Waals surface area (Å²) in [6.45, 7) is 11.5. The number of aliphatic hydroxyl groups excluding tert-OH is 1. The Balaban J connectivity index is 0. The molecule has 0 fully saturated rings. The Kier molecular flexibility index (Phi) is 16.0. The number of rotatable bonds is 7. The first kappa shape index (κ1) is 17.3. The molecular weight excluding hydrogens is 188 g/mol. The summed E-state index contributed by atoms with van der Waals surface area (Å²) in [4.78, 5) is 0. The van der Waals surface area contributed by atoms with Gasteiger partial charge in [0.2, 0.25) is 0 Å². The van der Waals surface area contributed by atoms with Crippen LogP contribution in [0.5, 0.6) is 0 Å². The van der Waals surface area contributed by atoms with Crippen LogP contribution in [-0.4, -0.2) is 31.3 Å². The Bertz CT molecular complexity index is 106. The van der Waals surface area contributed by atoms with E-state index >= 15 is 0 Å². The molecule has 2 unspecified atom stereocenters. The molecule has 0 aromatic heterocycles. The molecule has 3 heteroatoms. The summed E-state index contributed by atoms with van der Waals surface area (Å²) in [7, 11) is 0. The molecule has 0 spiro atoms. The molecule has 0 aliphatic carbocycles. The van der Waals surface area contributed by atoms with Gasteiger partial charge in [-0.1, -0.05) is 40.5 Å². The Morgan fingerprint density at radius 1 is 1.13 bits per heavy atom. The van der Waals surface area contributed by atoms with Crippen LogP contribution in [0.25, 0.3) is 0 Å². The first-order chi connectivity index (χ1) is 7.12. The fourth-order valence-electron chi connectivity index (χ4n) is 0.739. The number of aliphatic hydroxyl groups is 1. The Hall–Kier alpha value is -0.120. The van der Waals surface area contributed by atoms with Gasteiger partial charge in [0.25, 0.3) is 0 Å². The van der Waals surface area contributed by atoms with Gasteiger partial charge in [-0.2, -0.15) is 0 Å². The van der Waals surface area contributed by atoms with Gasteiger partial charge in [0.05, 0.1) is 6.61 Å². The first-order valence-electron chi connectivity index (χ1n) is 6.13. The van der Waals surface area contributed by atoms with E-state index in [1.54, 1.807) is 0 Å². The standard InChI is InChI=1S/C7H17NO.C5H13N/c1-3-7(2)6-8-4-5-9;1-3-5(2)4-6/h7-9H,3-6H2,1-2H3;5H,3-4,6H2,1-2H3. The molecule has 15 heavy (non-hydrogen) atoms. The maximum Gasteiger partial charge on any atom is 0.0555 e. The molecule has 0 saturated heterocycles. The van der Waals surface area contributed by atoms with Crippen LogP contribution in [-0.2, 0) is 0 Å². The minimum Gasteiger partial charge on any atom is -0.395 e. The molecule has 0 heterocycles. The Morgan fingerprint density at radius 3 is 1.93 bits per heavy atom. The molecule has 94 valence electrons. The first-order valence-corrected chi connectivity index (χ1v) is 6.13. The average Bonchev–Trinajstić information content (AvgIpc) is 2.28. The summed E-state index contributed by atoms with van der Waals surface area (Å²) in [5.41, 5.74) is 5.28. The van der Waals surface area contributed by atoms with Gasteiger partial charge < -0.3 is 16.2 Å². The SMILES string of the molecule is CCC(C)CN.CCC(C)CNCCO. The molecule has 0 saturated carbocycles. The van der Waals surface area contributed by atoms with Gasteiger partial charge in [0.1, 0.15) is 0 Å². The Labute approximate surface area is 95.4 Å². The van der Waals surface area contributed by atoms with E-state index in [0.717, 1.165) is 25.6 Å². The lowest BCUT2D eigenvalue weighted by Gasteiger charge is -2.07. The second kappa shape index (κ2) is 13.9. The summed E-state index contributed by atoms with van der Waals surface area (Å²) in [5.74, 6) is 1.45. The molecular formula is C12H30N2O. The number of hydrogen-bond donors (Lipinski definition) is 3. The van der Waals surface area contributed by atoms with Crippen molar-refractivity contribution in [1.82, 2.24) is 5.32 Å². The normalized spacial score (nSPS) is 14.0. The molecule has 0 amide bonds. The zero-order valence-electron chi connectivity index (χ0n) is 10.9. The largest absolute Gasteiger partial charge is 0.395 e. The van der Waals surface area contributed by atoms with Crippen LogP contribution in [0.3, 0.4) is 0 Å². The van der Waals surface area contributed by atoms with Crippen LogP contribution in [0.2, 0.25) is 0 Å². The topological polar surface area (TPSA) is 58.3 Å². The van der Waals surface area contributed by atoms with E-state index in [9.17, 15) is 0 Å². The predicted octanol–water partition coefficient (Wildman–Crippen LogP) is 1.61. The van der Waals surface area contributed by atoms with E-state index in [0.29, 0.717) is 5.92 Å². The van der Waals surface area contributed by atoms with Gasteiger partial charge in [0, 0.05) is 6.54 Å². The van der Waals surface area contributed by atoms with Crippen molar-refractivity contribution >= 4 is 0 Å². The van der Waals surface area contributed by atoms with Crippen molar-refractivity contribution in [1.29, 1.82) is 0 Å². The fourth-order valence-corrected chi connectivity index (χ4v) is 0.739. The highest BCUT2D eigenvalue weighted by Gasteiger charge is 1.94. The molecule has 0 aromatic rings. The van der Waals surface area contributed by atoms with Gasteiger partial charge in [-0.25, -0.2) is 0 Å². The van der Waals surface area contributed by atoms with Crippen LogP contribution in [0.1, 0.15) is 40.5 Å². The lowest BCUT2D eigenvalue weighted by Crippen LogP contribution is -2.23. The van der Waals surface area contributed by atoms with Gasteiger partial charge >= 0.3 is 0 Å². The van der Waals surface area contributed by atoms with Gasteiger partial charge in [-0.15, -0.1) is 0 Å². The van der Waals surface area contributed by atoms with Crippen LogP contribution < -0.4 is 11.1 Å². The van der Waals surface area contributed by atoms with Crippen molar-refractivity contribution < 1.29 is 5.11 Å². The van der Waals surface area contributed by atoms with Crippen molar-refractivity contribution in [2.45, 2.75) is 40.5 Å². The second-order valence-electron chi connectivity index (χ2n) is 4.19. The fraction of sp³-hybridized carbons (Fsp3) is 1.00. The monoisotopic (exact) mass is 218 g/mol. The molecule has 0 aliphatic heterocycles. The minimum absolute atomic E-state index is 0.246. The maximum absolute atomic E-state index is 8.39. The van der Waals surface area contributed by atoms with E-state index in [4.69, 9.17) is 10.8 Å². The number of nitrogens with two attached hydrogens (primary N) is 1. The van der Waals surface area contributed by atoms with Crippen molar-refractivity contribution in [3.8, 4) is 0 Å². The highest BCUT2D eigenvalue weighted by Crippen LogP contribution is 1.96. The molecule has 0 aliphatic rings. The zero-order chi connectivity index (χ0) is 12.1. The van der Waals surface area contributed by atoms with E-state index in [-0.39, 0.29) is 6.61 Å². The zero-order valence-corrected chi connectivity index (χ0v) is 10.9. The van der Waals surface area contributed by atoms with E-state index in [1.807, 2.05) is 0 Å². The summed E-state index contributed by atoms with van der Waals surface area (Å²) in [5, 5.41) is 11.5. The molecule has 0 radical (unpaired) electrons. The second-order valence-corrected chi connectivity index (χ2v) is 4.19. The molecule has 0 rings (SSSR count). The van der Waals surface area contributed by atoms with Gasteiger partial charge in [-0.05, 0) is 24.9 Å². The predicted molar refractivity (Wildman–Crippen MR) is 67.9 cm³/mol. The molecule has 2 atom stereocenters.